The quantitative estimate of drug-likeness (QED) is 0.294. The van der Waals surface area contributed by atoms with Gasteiger partial charge in [-0.15, -0.1) is 0 Å². The summed E-state index contributed by atoms with van der Waals surface area (Å²) in [5.74, 6) is 2.06. The molecule has 1 saturated heterocycles. The number of nitriles is 1. The highest BCUT2D eigenvalue weighted by atomic mass is 32.2. The Hall–Kier alpha value is -4.87. The van der Waals surface area contributed by atoms with E-state index in [2.05, 4.69) is 30.5 Å². The minimum atomic E-state index is -2.42. The molecule has 0 radical (unpaired) electrons. The molecule has 6 rings (SSSR count). The highest BCUT2D eigenvalue weighted by molar-refractivity contribution is 7.93. The van der Waals surface area contributed by atoms with Gasteiger partial charge in [-0.25, -0.2) is 23.7 Å². The average Bonchev–Trinajstić information content (AvgIpc) is 3.63. The topological polar surface area (TPSA) is 160 Å². The molecule has 0 unspecified atom stereocenters. The van der Waals surface area contributed by atoms with E-state index in [1.54, 1.807) is 67.1 Å². The Bertz CT molecular complexity index is 1930. The largest absolute Gasteiger partial charge is 0.481 e. The molecule has 14 heteroatoms. The molecule has 0 aliphatic carbocycles. The Balaban J connectivity index is 1.25. The molecule has 5 aromatic heterocycles. The van der Waals surface area contributed by atoms with Gasteiger partial charge in [-0.2, -0.15) is 19.8 Å². The molecule has 43 heavy (non-hydrogen) atoms. The van der Waals surface area contributed by atoms with Gasteiger partial charge in [0.05, 0.1) is 70.8 Å². The molecule has 1 N–H and O–H groups in total. The van der Waals surface area contributed by atoms with Crippen molar-refractivity contribution in [1.29, 1.82) is 5.26 Å². The van der Waals surface area contributed by atoms with E-state index in [-0.39, 0.29) is 0 Å². The van der Waals surface area contributed by atoms with Crippen LogP contribution < -0.4 is 9.64 Å². The highest BCUT2D eigenvalue weighted by Crippen LogP contribution is 2.30. The molecule has 6 heterocycles. The van der Waals surface area contributed by atoms with E-state index < -0.39 is 15.3 Å². The normalized spacial score (nSPS) is 14.9. The fourth-order valence-corrected chi connectivity index (χ4v) is 6.80. The van der Waals surface area contributed by atoms with Crippen LogP contribution in [0.4, 0.5) is 11.5 Å². The van der Waals surface area contributed by atoms with Crippen molar-refractivity contribution in [2.75, 3.05) is 36.6 Å². The highest BCUT2D eigenvalue weighted by Gasteiger charge is 2.23. The number of fused-ring (bicyclic) bond motifs is 1. The Morgan fingerprint density at radius 1 is 1.05 bits per heavy atom. The van der Waals surface area contributed by atoms with Crippen LogP contribution in [0.25, 0.3) is 28.0 Å². The van der Waals surface area contributed by atoms with Crippen LogP contribution in [0.2, 0.25) is 0 Å². The maximum Gasteiger partial charge on any atom is 0.213 e. The number of hydrogen-bond donors (Lipinski definition) is 1. The molecule has 0 spiro atoms. The van der Waals surface area contributed by atoms with Crippen molar-refractivity contribution < 1.29 is 14.1 Å². The maximum absolute atomic E-state index is 13.4. The molecule has 1 aliphatic rings. The second-order valence-corrected chi connectivity index (χ2v) is 13.4. The zero-order valence-corrected chi connectivity index (χ0v) is 24.8. The lowest BCUT2D eigenvalue weighted by atomic mass is 10.1. The molecule has 0 aromatic carbocycles. The van der Waals surface area contributed by atoms with Gasteiger partial charge in [-0.05, 0) is 32.0 Å². The van der Waals surface area contributed by atoms with Crippen LogP contribution in [0, 0.1) is 11.3 Å². The number of rotatable bonds is 7. The maximum atomic E-state index is 13.4. The van der Waals surface area contributed by atoms with Gasteiger partial charge in [0.2, 0.25) is 5.88 Å². The number of anilines is 1. The lowest BCUT2D eigenvalue weighted by Crippen LogP contribution is -2.40. The standard InChI is InChI=1S/C29H30N10O3S/c1-29(2,40)19-38-17-22(15-33-38)24-18-39-28(21(12-30)14-34-39)27(35-24)20-4-6-25(31-13-20)37-8-10-43(41,11-9-37)36-23-5-7-26(42-3)32-16-23/h4-7,13-18,40H,8-11,19H2,1-3H3. The van der Waals surface area contributed by atoms with Crippen LogP contribution >= 0.6 is 0 Å². The first-order valence-electron chi connectivity index (χ1n) is 13.6. The van der Waals surface area contributed by atoms with E-state index in [1.807, 2.05) is 18.3 Å². The van der Waals surface area contributed by atoms with Crippen molar-refractivity contribution in [3.05, 3.63) is 67.0 Å². The number of methoxy groups -OCH3 is 1. The Morgan fingerprint density at radius 2 is 1.86 bits per heavy atom. The van der Waals surface area contributed by atoms with Crippen molar-refractivity contribution in [3.8, 4) is 34.5 Å². The summed E-state index contributed by atoms with van der Waals surface area (Å²) in [4.78, 5) is 15.8. The van der Waals surface area contributed by atoms with Crippen LogP contribution in [-0.2, 0) is 16.3 Å². The summed E-state index contributed by atoms with van der Waals surface area (Å²) in [6.07, 6.45) is 10.1. The number of aromatic nitrogens is 7. The predicted octanol–water partition coefficient (Wildman–Crippen LogP) is 3.32. The van der Waals surface area contributed by atoms with Gasteiger partial charge in [0.25, 0.3) is 0 Å². The molecule has 1 fully saturated rings. The molecule has 13 nitrogen and oxygen atoms in total. The van der Waals surface area contributed by atoms with Crippen LogP contribution in [-0.4, -0.2) is 81.0 Å². The third kappa shape index (κ3) is 6.04. The second kappa shape index (κ2) is 11.1. The summed E-state index contributed by atoms with van der Waals surface area (Å²) in [6, 6.07) is 9.48. The first-order valence-corrected chi connectivity index (χ1v) is 15.5. The van der Waals surface area contributed by atoms with Gasteiger partial charge in [0.15, 0.2) is 0 Å². The number of pyridine rings is 2. The first kappa shape index (κ1) is 28.3. The molecule has 5 aromatic rings. The van der Waals surface area contributed by atoms with E-state index >= 15 is 0 Å². The zero-order chi connectivity index (χ0) is 30.2. The first-order chi connectivity index (χ1) is 20.6. The lowest BCUT2D eigenvalue weighted by Gasteiger charge is -2.29. The van der Waals surface area contributed by atoms with E-state index in [1.165, 1.54) is 6.20 Å². The average molecular weight is 599 g/mol. The van der Waals surface area contributed by atoms with E-state index in [4.69, 9.17) is 14.7 Å². The molecular weight excluding hydrogens is 568 g/mol. The van der Waals surface area contributed by atoms with Crippen LogP contribution in [0.3, 0.4) is 0 Å². The zero-order valence-electron chi connectivity index (χ0n) is 24.0. The van der Waals surface area contributed by atoms with Crippen molar-refractivity contribution >= 4 is 26.8 Å². The second-order valence-electron chi connectivity index (χ2n) is 10.9. The van der Waals surface area contributed by atoms with Crippen molar-refractivity contribution in [1.82, 2.24) is 34.3 Å². The van der Waals surface area contributed by atoms with Crippen LogP contribution in [0.1, 0.15) is 19.4 Å². The van der Waals surface area contributed by atoms with Crippen molar-refractivity contribution in [2.24, 2.45) is 4.36 Å². The van der Waals surface area contributed by atoms with Gasteiger partial charge in [0, 0.05) is 54.2 Å². The predicted molar refractivity (Wildman–Crippen MR) is 161 cm³/mol. The summed E-state index contributed by atoms with van der Waals surface area (Å²) in [5, 5.41) is 28.7. The fraction of sp³-hybridized carbons (Fsp3) is 0.310. The minimum Gasteiger partial charge on any atom is -0.481 e. The van der Waals surface area contributed by atoms with Gasteiger partial charge >= 0.3 is 0 Å². The smallest absolute Gasteiger partial charge is 0.213 e. The Morgan fingerprint density at radius 3 is 2.51 bits per heavy atom. The van der Waals surface area contributed by atoms with Crippen LogP contribution in [0.15, 0.2) is 65.8 Å². The molecule has 220 valence electrons. The van der Waals surface area contributed by atoms with Gasteiger partial charge in [0.1, 0.15) is 23.0 Å². The third-order valence-electron chi connectivity index (χ3n) is 7.00. The van der Waals surface area contributed by atoms with E-state index in [9.17, 15) is 14.6 Å². The molecule has 0 atom stereocenters. The molecule has 0 bridgehead atoms. The summed E-state index contributed by atoms with van der Waals surface area (Å²) < 4.78 is 26.3. The Labute approximate surface area is 248 Å². The van der Waals surface area contributed by atoms with Crippen molar-refractivity contribution in [3.63, 3.8) is 0 Å². The van der Waals surface area contributed by atoms with E-state index in [0.29, 0.717) is 65.2 Å². The monoisotopic (exact) mass is 598 g/mol. The van der Waals surface area contributed by atoms with Gasteiger partial charge < -0.3 is 14.7 Å². The summed E-state index contributed by atoms with van der Waals surface area (Å²) in [6.45, 7) is 4.86. The molecule has 0 saturated carbocycles. The molecule has 0 amide bonds. The fourth-order valence-electron chi connectivity index (χ4n) is 4.91. The number of ether oxygens (including phenoxy) is 1. The summed E-state index contributed by atoms with van der Waals surface area (Å²) >= 11 is 0. The molecular formula is C29H30N10O3S. The SMILES string of the molecule is COc1ccc(N=S2(=O)CCN(c3ccc(-c4nc(-c5cnn(CC(C)(C)O)c5)cn5ncc(C#N)c45)cn3)CC2)cn1. The number of hydrogen-bond acceptors (Lipinski definition) is 11. The van der Waals surface area contributed by atoms with Crippen LogP contribution in [0.5, 0.6) is 5.88 Å². The third-order valence-corrected chi connectivity index (χ3v) is 9.19. The summed E-state index contributed by atoms with van der Waals surface area (Å²) in [5.41, 5.74) is 3.28. The van der Waals surface area contributed by atoms with Gasteiger partial charge in [-0.3, -0.25) is 4.68 Å². The lowest BCUT2D eigenvalue weighted by molar-refractivity contribution is 0.0577. The number of nitrogens with zero attached hydrogens (tertiary/aromatic N) is 10. The molecule has 1 aliphatic heterocycles. The van der Waals surface area contributed by atoms with Gasteiger partial charge in [-0.1, -0.05) is 0 Å². The summed E-state index contributed by atoms with van der Waals surface area (Å²) in [7, 11) is -0.872. The Kier molecular flexibility index (Phi) is 7.28. The van der Waals surface area contributed by atoms with Crippen molar-refractivity contribution in [2.45, 2.75) is 26.0 Å². The van der Waals surface area contributed by atoms with E-state index in [0.717, 1.165) is 16.9 Å². The number of aliphatic hydroxyl groups is 1. The minimum absolute atomic E-state index is 0.325.